The maximum Gasteiger partial charge on any atom is 0.240 e. The fraction of sp³-hybridized carbons (Fsp3) is 0.385. The summed E-state index contributed by atoms with van der Waals surface area (Å²) in [6.45, 7) is 5.46. The number of hydrogen-bond donors (Lipinski definition) is 0. The van der Waals surface area contributed by atoms with Crippen molar-refractivity contribution in [3.05, 3.63) is 48.0 Å². The minimum atomic E-state index is -0.651. The highest BCUT2D eigenvalue weighted by Crippen LogP contribution is 2.54. The monoisotopic (exact) mass is 485 g/mol. The van der Waals surface area contributed by atoms with E-state index in [9.17, 15) is 18.4 Å². The Kier molecular flexibility index (Phi) is 7.26. The average Bonchev–Trinajstić information content (AvgIpc) is 3.17. The van der Waals surface area contributed by atoms with Crippen LogP contribution >= 0.6 is 11.8 Å². The van der Waals surface area contributed by atoms with Crippen molar-refractivity contribution in [2.75, 3.05) is 37.9 Å². The number of carbonyl (C=O) groups excluding carboxylic acids is 2. The third kappa shape index (κ3) is 4.08. The van der Waals surface area contributed by atoms with E-state index in [-0.39, 0.29) is 24.9 Å². The van der Waals surface area contributed by atoms with Crippen LogP contribution in [0.5, 0.6) is 0 Å². The van der Waals surface area contributed by atoms with Crippen LogP contribution in [-0.4, -0.2) is 54.3 Å². The van der Waals surface area contributed by atoms with Crippen molar-refractivity contribution in [2.45, 2.75) is 37.5 Å². The first-order valence-corrected chi connectivity index (χ1v) is 12.5. The summed E-state index contributed by atoms with van der Waals surface area (Å²) in [7, 11) is 0. The summed E-state index contributed by atoms with van der Waals surface area (Å²) >= 11 is 1.44. The Labute approximate surface area is 202 Å². The SMILES string of the molecule is CCN(CC)C(=O)C1Sc2cc(N(CCF)C(C)=O)ccc2-c2c1c1ccccc1n2CCF. The Morgan fingerprint density at radius 2 is 1.79 bits per heavy atom. The van der Waals surface area contributed by atoms with E-state index in [0.717, 1.165) is 32.6 Å². The number of nitrogens with zero attached hydrogens (tertiary/aromatic N) is 3. The van der Waals surface area contributed by atoms with Gasteiger partial charge in [0, 0.05) is 52.6 Å². The lowest BCUT2D eigenvalue weighted by atomic mass is 10.00. The third-order valence-corrected chi connectivity index (χ3v) is 7.61. The lowest BCUT2D eigenvalue weighted by molar-refractivity contribution is -0.130. The van der Waals surface area contributed by atoms with Crippen molar-refractivity contribution in [3.63, 3.8) is 0 Å². The molecule has 2 amide bonds. The fourth-order valence-corrected chi connectivity index (χ4v) is 6.13. The van der Waals surface area contributed by atoms with E-state index in [1.807, 2.05) is 59.7 Å². The molecule has 0 saturated carbocycles. The van der Waals surface area contributed by atoms with E-state index in [2.05, 4.69) is 0 Å². The minimum Gasteiger partial charge on any atom is -0.342 e. The first-order chi connectivity index (χ1) is 16.5. The normalized spacial score (nSPS) is 14.6. The van der Waals surface area contributed by atoms with Gasteiger partial charge in [0.25, 0.3) is 0 Å². The molecule has 3 aromatic rings. The van der Waals surface area contributed by atoms with Crippen molar-refractivity contribution >= 4 is 40.2 Å². The third-order valence-electron chi connectivity index (χ3n) is 6.34. The number of aryl methyl sites for hydroxylation is 1. The lowest BCUT2D eigenvalue weighted by Gasteiger charge is -2.31. The zero-order valence-corrected chi connectivity index (χ0v) is 20.5. The number of benzene rings is 2. The molecule has 0 radical (unpaired) electrons. The molecule has 0 N–H and O–H groups in total. The highest BCUT2D eigenvalue weighted by atomic mass is 32.2. The molecule has 0 bridgehead atoms. The van der Waals surface area contributed by atoms with Gasteiger partial charge < -0.3 is 14.4 Å². The van der Waals surface area contributed by atoms with E-state index in [0.29, 0.717) is 18.8 Å². The quantitative estimate of drug-likeness (QED) is 0.416. The fourth-order valence-electron chi connectivity index (χ4n) is 4.79. The molecule has 5 nitrogen and oxygen atoms in total. The molecule has 2 aromatic carbocycles. The van der Waals surface area contributed by atoms with Gasteiger partial charge in [0.05, 0.1) is 18.8 Å². The summed E-state index contributed by atoms with van der Waals surface area (Å²) in [6.07, 6.45) is 0. The Bertz CT molecular complexity index is 1220. The smallest absolute Gasteiger partial charge is 0.240 e. The average molecular weight is 486 g/mol. The molecule has 1 aromatic heterocycles. The molecule has 1 aliphatic heterocycles. The van der Waals surface area contributed by atoms with Crippen LogP contribution in [0.2, 0.25) is 0 Å². The van der Waals surface area contributed by atoms with Crippen LogP contribution in [0.3, 0.4) is 0 Å². The first-order valence-electron chi connectivity index (χ1n) is 11.6. The summed E-state index contributed by atoms with van der Waals surface area (Å²) in [4.78, 5) is 29.9. The number of rotatable bonds is 8. The summed E-state index contributed by atoms with van der Waals surface area (Å²) in [5, 5.41) is 0.442. The van der Waals surface area contributed by atoms with Gasteiger partial charge in [0.1, 0.15) is 18.6 Å². The lowest BCUT2D eigenvalue weighted by Crippen LogP contribution is -2.34. The maximum atomic E-state index is 13.7. The number of anilines is 1. The first kappa shape index (κ1) is 24.3. The molecule has 1 aliphatic rings. The highest BCUT2D eigenvalue weighted by Gasteiger charge is 2.37. The summed E-state index contributed by atoms with van der Waals surface area (Å²) < 4.78 is 28.8. The Morgan fingerprint density at radius 1 is 1.06 bits per heavy atom. The van der Waals surface area contributed by atoms with Crippen LogP contribution < -0.4 is 4.90 Å². The second-order valence-electron chi connectivity index (χ2n) is 8.17. The van der Waals surface area contributed by atoms with Gasteiger partial charge >= 0.3 is 0 Å². The van der Waals surface area contributed by atoms with E-state index in [1.54, 1.807) is 6.07 Å². The Morgan fingerprint density at radius 3 is 2.44 bits per heavy atom. The zero-order chi connectivity index (χ0) is 24.4. The number of alkyl halides is 2. The Balaban J connectivity index is 1.97. The molecular formula is C26H29F2N3O2S. The van der Waals surface area contributed by atoms with Crippen molar-refractivity contribution < 1.29 is 18.4 Å². The van der Waals surface area contributed by atoms with Gasteiger partial charge in [-0.05, 0) is 38.1 Å². The topological polar surface area (TPSA) is 45.6 Å². The van der Waals surface area contributed by atoms with E-state index in [1.165, 1.54) is 23.6 Å². The van der Waals surface area contributed by atoms with Crippen LogP contribution in [0.15, 0.2) is 47.4 Å². The van der Waals surface area contributed by atoms with Gasteiger partial charge in [-0.15, -0.1) is 11.8 Å². The number of halogens is 2. The van der Waals surface area contributed by atoms with Crippen molar-refractivity contribution in [1.82, 2.24) is 9.47 Å². The van der Waals surface area contributed by atoms with Crippen molar-refractivity contribution in [3.8, 4) is 11.3 Å². The molecule has 1 atom stereocenters. The number of amides is 2. The number of hydrogen-bond acceptors (Lipinski definition) is 3. The molecular weight excluding hydrogens is 456 g/mol. The van der Waals surface area contributed by atoms with Crippen LogP contribution in [0.25, 0.3) is 22.2 Å². The number of aromatic nitrogens is 1. The van der Waals surface area contributed by atoms with Crippen LogP contribution in [0.4, 0.5) is 14.5 Å². The van der Waals surface area contributed by atoms with Gasteiger partial charge in [0.2, 0.25) is 11.8 Å². The van der Waals surface area contributed by atoms with Gasteiger partial charge in [0.15, 0.2) is 0 Å². The summed E-state index contributed by atoms with van der Waals surface area (Å²) in [5.74, 6) is -0.246. The van der Waals surface area contributed by atoms with Gasteiger partial charge in [-0.2, -0.15) is 0 Å². The van der Waals surface area contributed by atoms with E-state index in [4.69, 9.17) is 0 Å². The highest BCUT2D eigenvalue weighted by molar-refractivity contribution is 8.00. The molecule has 0 fully saturated rings. The molecule has 0 saturated heterocycles. The molecule has 4 rings (SSSR count). The molecule has 180 valence electrons. The maximum absolute atomic E-state index is 13.7. The van der Waals surface area contributed by atoms with Gasteiger partial charge in [-0.3, -0.25) is 9.59 Å². The molecule has 0 spiro atoms. The molecule has 1 unspecified atom stereocenters. The largest absolute Gasteiger partial charge is 0.342 e. The summed E-state index contributed by atoms with van der Waals surface area (Å²) in [5.41, 5.74) is 4.11. The van der Waals surface area contributed by atoms with Crippen LogP contribution in [-0.2, 0) is 16.1 Å². The van der Waals surface area contributed by atoms with Crippen LogP contribution in [0.1, 0.15) is 31.6 Å². The molecule has 2 heterocycles. The van der Waals surface area contributed by atoms with Crippen LogP contribution in [0, 0.1) is 0 Å². The minimum absolute atomic E-state index is 0.00244. The Hall–Kier alpha value is -2.87. The van der Waals surface area contributed by atoms with Crippen molar-refractivity contribution in [1.29, 1.82) is 0 Å². The number of para-hydroxylation sites is 1. The number of fused-ring (bicyclic) bond motifs is 5. The predicted octanol–water partition coefficient (Wildman–Crippen LogP) is 5.62. The second kappa shape index (κ2) is 10.2. The van der Waals surface area contributed by atoms with E-state index >= 15 is 0 Å². The van der Waals surface area contributed by atoms with Gasteiger partial charge in [-0.25, -0.2) is 8.78 Å². The number of thioether (sulfide) groups is 1. The summed E-state index contributed by atoms with van der Waals surface area (Å²) in [6, 6.07) is 13.3. The molecule has 0 aliphatic carbocycles. The molecule has 34 heavy (non-hydrogen) atoms. The second-order valence-corrected chi connectivity index (χ2v) is 9.32. The van der Waals surface area contributed by atoms with E-state index < -0.39 is 18.6 Å². The molecule has 8 heteroatoms. The number of likely N-dealkylation sites (N-methyl/N-ethyl adjacent to an activating group) is 1. The van der Waals surface area contributed by atoms with Crippen molar-refractivity contribution in [2.24, 2.45) is 0 Å². The standard InChI is InChI=1S/C26H29F2N3O2S/c1-4-29(5-2)26(33)25-23-19-8-6-7-9-21(19)31(15-13-28)24(23)20-11-10-18(16-22(20)34-25)30(14-12-27)17(3)32/h6-11,16,25H,4-5,12-15H2,1-3H3. The zero-order valence-electron chi connectivity index (χ0n) is 19.7. The van der Waals surface area contributed by atoms with Gasteiger partial charge in [-0.1, -0.05) is 18.2 Å². The predicted molar refractivity (Wildman–Crippen MR) is 134 cm³/mol. The number of carbonyl (C=O) groups is 2.